The van der Waals surface area contributed by atoms with Crippen LogP contribution in [0, 0.1) is 5.41 Å². The van der Waals surface area contributed by atoms with Crippen LogP contribution in [0.25, 0.3) is 0 Å². The lowest BCUT2D eigenvalue weighted by Gasteiger charge is -2.35. The highest BCUT2D eigenvalue weighted by Crippen LogP contribution is 2.26. The molecule has 0 aliphatic carbocycles. The van der Waals surface area contributed by atoms with E-state index in [-0.39, 0.29) is 17.6 Å². The van der Waals surface area contributed by atoms with Gasteiger partial charge in [-0.25, -0.2) is 0 Å². The smallest absolute Gasteiger partial charge is 0.240 e. The summed E-state index contributed by atoms with van der Waals surface area (Å²) in [6.07, 6.45) is 0.326. The molecule has 0 radical (unpaired) electrons. The molecule has 1 unspecified atom stereocenters. The van der Waals surface area contributed by atoms with Crippen molar-refractivity contribution in [1.82, 2.24) is 0 Å². The van der Waals surface area contributed by atoms with Gasteiger partial charge in [0.1, 0.15) is 0 Å². The van der Waals surface area contributed by atoms with Gasteiger partial charge in [0.25, 0.3) is 0 Å². The Kier molecular flexibility index (Phi) is 6.16. The third kappa shape index (κ3) is 5.31. The van der Waals surface area contributed by atoms with E-state index in [4.69, 9.17) is 4.43 Å². The summed E-state index contributed by atoms with van der Waals surface area (Å²) in [6, 6.07) is 21.0. The first kappa shape index (κ1) is 17.9. The molecule has 3 heteroatoms. The van der Waals surface area contributed by atoms with E-state index >= 15 is 0 Å². The number of benzene rings is 2. The third-order valence-electron chi connectivity index (χ3n) is 4.03. The van der Waals surface area contributed by atoms with Gasteiger partial charge in [0.2, 0.25) is 9.04 Å². The summed E-state index contributed by atoms with van der Waals surface area (Å²) < 4.78 is 6.68. The topological polar surface area (TPSA) is 29.5 Å². The maximum Gasteiger partial charge on any atom is 0.240 e. The Labute approximate surface area is 141 Å². The van der Waals surface area contributed by atoms with Gasteiger partial charge in [-0.3, -0.25) is 0 Å². The second-order valence-corrected chi connectivity index (χ2v) is 9.64. The maximum atomic E-state index is 9.88. The van der Waals surface area contributed by atoms with Crippen LogP contribution in [0.15, 0.2) is 60.7 Å². The van der Waals surface area contributed by atoms with Crippen LogP contribution in [0.3, 0.4) is 0 Å². The van der Waals surface area contributed by atoms with Gasteiger partial charge in [0.15, 0.2) is 0 Å². The number of hydrogen-bond donors (Lipinski definition) is 1. The van der Waals surface area contributed by atoms with E-state index in [1.54, 1.807) is 0 Å². The molecule has 1 N–H and O–H groups in total. The van der Waals surface area contributed by atoms with Gasteiger partial charge in [-0.2, -0.15) is 0 Å². The molecule has 2 nitrogen and oxygen atoms in total. The Morgan fingerprint density at radius 3 is 1.70 bits per heavy atom. The van der Waals surface area contributed by atoms with Gasteiger partial charge in [-0.05, 0) is 29.1 Å². The molecule has 124 valence electrons. The van der Waals surface area contributed by atoms with Crippen molar-refractivity contribution in [3.05, 3.63) is 60.7 Å². The fraction of sp³-hybridized carbons (Fsp3) is 0.400. The summed E-state index contributed by atoms with van der Waals surface area (Å²) >= 11 is 0. The predicted octanol–water partition coefficient (Wildman–Crippen LogP) is 2.73. The van der Waals surface area contributed by atoms with Crippen LogP contribution in [0.1, 0.15) is 34.1 Å². The minimum absolute atomic E-state index is 0.00813. The van der Waals surface area contributed by atoms with Crippen molar-refractivity contribution in [1.29, 1.82) is 0 Å². The zero-order valence-electron chi connectivity index (χ0n) is 14.6. The molecule has 2 aromatic rings. The second kappa shape index (κ2) is 7.91. The second-order valence-electron chi connectivity index (χ2n) is 7.28. The number of aliphatic hydroxyl groups excluding tert-OH is 1. The number of hydrogen-bond acceptors (Lipinski definition) is 2. The molecule has 0 saturated carbocycles. The first-order chi connectivity index (χ1) is 10.9. The van der Waals surface area contributed by atoms with Gasteiger partial charge in [-0.1, -0.05) is 81.4 Å². The molecule has 0 amide bonds. The van der Waals surface area contributed by atoms with Crippen LogP contribution in [0.4, 0.5) is 0 Å². The van der Waals surface area contributed by atoms with E-state index in [9.17, 15) is 5.11 Å². The van der Waals surface area contributed by atoms with Gasteiger partial charge in [0.05, 0.1) is 12.2 Å². The molecule has 2 rings (SSSR count). The first-order valence-corrected chi connectivity index (χ1v) is 9.94. The lowest BCUT2D eigenvalue weighted by atomic mass is 9.86. The Hall–Kier alpha value is -1.42. The summed E-state index contributed by atoms with van der Waals surface area (Å²) in [5.74, 6) is 0. The van der Waals surface area contributed by atoms with Gasteiger partial charge in [-0.15, -0.1) is 0 Å². The molecule has 0 fully saturated rings. The maximum absolute atomic E-state index is 9.88. The molecule has 0 spiro atoms. The summed E-state index contributed by atoms with van der Waals surface area (Å²) in [5, 5.41) is 12.4. The van der Waals surface area contributed by atoms with Crippen molar-refractivity contribution in [3.8, 4) is 0 Å². The first-order valence-electron chi connectivity index (χ1n) is 8.31. The van der Waals surface area contributed by atoms with Crippen molar-refractivity contribution >= 4 is 19.4 Å². The van der Waals surface area contributed by atoms with Crippen molar-refractivity contribution < 1.29 is 9.53 Å². The van der Waals surface area contributed by atoms with E-state index in [1.165, 1.54) is 10.4 Å². The SMILES string of the molecule is CC(O)C[C@@H](O[SiH](c1ccccc1)c1ccccc1)C(C)(C)C. The highest BCUT2D eigenvalue weighted by atomic mass is 28.3. The van der Waals surface area contributed by atoms with Crippen molar-refractivity contribution in [3.63, 3.8) is 0 Å². The fourth-order valence-corrected chi connectivity index (χ4v) is 5.38. The Morgan fingerprint density at radius 1 is 0.913 bits per heavy atom. The molecule has 0 heterocycles. The van der Waals surface area contributed by atoms with E-state index in [1.807, 2.05) is 19.1 Å². The molecule has 0 aliphatic rings. The molecule has 2 atom stereocenters. The van der Waals surface area contributed by atoms with Crippen LogP contribution in [0.2, 0.25) is 0 Å². The molecule has 2 aromatic carbocycles. The number of aliphatic hydroxyl groups is 1. The van der Waals surface area contributed by atoms with E-state index in [2.05, 4.69) is 69.3 Å². The lowest BCUT2D eigenvalue weighted by molar-refractivity contribution is 0.0383. The summed E-state index contributed by atoms with van der Waals surface area (Å²) in [5.41, 5.74) is -0.00813. The van der Waals surface area contributed by atoms with Crippen LogP contribution in [0.5, 0.6) is 0 Å². The standard InChI is InChI=1S/C20H28O2Si/c1-16(21)15-19(20(2,3)4)22-23(17-11-7-5-8-12-17)18-13-9-6-10-14-18/h5-14,16,19,21,23H,15H2,1-4H3/t16?,19-/m1/s1. The Morgan fingerprint density at radius 2 is 1.35 bits per heavy atom. The average molecular weight is 329 g/mol. The van der Waals surface area contributed by atoms with E-state index < -0.39 is 9.04 Å². The fourth-order valence-electron chi connectivity index (χ4n) is 2.69. The average Bonchev–Trinajstić information content (AvgIpc) is 2.51. The lowest BCUT2D eigenvalue weighted by Crippen LogP contribution is -2.50. The Bertz CT molecular complexity index is 536. The Balaban J connectivity index is 2.34. The monoisotopic (exact) mass is 328 g/mol. The zero-order valence-corrected chi connectivity index (χ0v) is 15.7. The predicted molar refractivity (Wildman–Crippen MR) is 99.9 cm³/mol. The van der Waals surface area contributed by atoms with Gasteiger partial charge in [0, 0.05) is 0 Å². The van der Waals surface area contributed by atoms with Crippen LogP contribution >= 0.6 is 0 Å². The largest absolute Gasteiger partial charge is 0.407 e. The highest BCUT2D eigenvalue weighted by molar-refractivity contribution is 6.80. The molecule has 0 aromatic heterocycles. The number of rotatable bonds is 6. The third-order valence-corrected chi connectivity index (χ3v) is 6.61. The summed E-state index contributed by atoms with van der Waals surface area (Å²) in [7, 11) is -1.78. The van der Waals surface area contributed by atoms with E-state index in [0.717, 1.165) is 0 Å². The van der Waals surface area contributed by atoms with Crippen molar-refractivity contribution in [2.75, 3.05) is 0 Å². The highest BCUT2D eigenvalue weighted by Gasteiger charge is 2.31. The minimum Gasteiger partial charge on any atom is -0.407 e. The molecular weight excluding hydrogens is 300 g/mol. The van der Waals surface area contributed by atoms with Crippen molar-refractivity contribution in [2.24, 2.45) is 5.41 Å². The molecular formula is C20H28O2Si. The molecule has 0 aliphatic heterocycles. The van der Waals surface area contributed by atoms with Crippen LogP contribution in [-0.4, -0.2) is 26.4 Å². The summed E-state index contributed by atoms with van der Waals surface area (Å²) in [6.45, 7) is 8.38. The summed E-state index contributed by atoms with van der Waals surface area (Å²) in [4.78, 5) is 0. The molecule has 23 heavy (non-hydrogen) atoms. The van der Waals surface area contributed by atoms with Crippen LogP contribution < -0.4 is 10.4 Å². The zero-order chi connectivity index (χ0) is 16.9. The van der Waals surface area contributed by atoms with Crippen LogP contribution in [-0.2, 0) is 4.43 Å². The quantitative estimate of drug-likeness (QED) is 0.826. The molecule has 0 saturated heterocycles. The van der Waals surface area contributed by atoms with Gasteiger partial charge >= 0.3 is 0 Å². The van der Waals surface area contributed by atoms with E-state index in [0.29, 0.717) is 6.42 Å². The normalized spacial score (nSPS) is 14.7. The molecule has 0 bridgehead atoms. The van der Waals surface area contributed by atoms with Gasteiger partial charge < -0.3 is 9.53 Å². The minimum atomic E-state index is -1.78. The van der Waals surface area contributed by atoms with Crippen molar-refractivity contribution in [2.45, 2.75) is 46.3 Å².